The monoisotopic (exact) mass is 450 g/mol. The number of halogens is 1. The minimum absolute atomic E-state index is 0.278. The zero-order chi connectivity index (χ0) is 21.3. The molecule has 0 unspecified atom stereocenters. The van der Waals surface area contributed by atoms with Crippen LogP contribution in [0.15, 0.2) is 35.2 Å². The van der Waals surface area contributed by atoms with Crippen molar-refractivity contribution >= 4 is 33.3 Å². The van der Waals surface area contributed by atoms with Crippen LogP contribution in [0.25, 0.3) is 0 Å². The van der Waals surface area contributed by atoms with E-state index in [0.717, 1.165) is 37.8 Å². The van der Waals surface area contributed by atoms with E-state index in [0.29, 0.717) is 36.8 Å². The molecule has 0 spiro atoms. The van der Waals surface area contributed by atoms with Crippen molar-refractivity contribution in [1.29, 1.82) is 0 Å². The van der Waals surface area contributed by atoms with Crippen LogP contribution < -0.4 is 9.80 Å². The fourth-order valence-corrected chi connectivity index (χ4v) is 5.76. The predicted octanol–water partition coefficient (Wildman–Crippen LogP) is 1.70. The van der Waals surface area contributed by atoms with Gasteiger partial charge in [0.05, 0.1) is 4.90 Å². The van der Waals surface area contributed by atoms with Crippen molar-refractivity contribution in [3.05, 3.63) is 40.9 Å². The number of aromatic nitrogens is 2. The van der Waals surface area contributed by atoms with E-state index in [1.165, 1.54) is 4.31 Å². The smallest absolute Gasteiger partial charge is 0.243 e. The number of anilines is 2. The van der Waals surface area contributed by atoms with Crippen LogP contribution in [0.4, 0.5) is 11.6 Å². The average molecular weight is 451 g/mol. The summed E-state index contributed by atoms with van der Waals surface area (Å²) in [5.74, 6) is 1.67. The Bertz CT molecular complexity index is 985. The fourth-order valence-electron chi connectivity index (χ4n) is 3.85. The summed E-state index contributed by atoms with van der Waals surface area (Å²) in [7, 11) is -1.45. The molecule has 8 nitrogen and oxygen atoms in total. The second-order valence-electron chi connectivity index (χ2n) is 7.79. The minimum Gasteiger partial charge on any atom is -0.353 e. The van der Waals surface area contributed by atoms with Crippen molar-refractivity contribution in [2.75, 3.05) is 69.2 Å². The molecule has 30 heavy (non-hydrogen) atoms. The van der Waals surface area contributed by atoms with Crippen LogP contribution in [-0.4, -0.2) is 87.2 Å². The summed E-state index contributed by atoms with van der Waals surface area (Å²) in [6.45, 7) is 7.62. The Balaban J connectivity index is 1.40. The van der Waals surface area contributed by atoms with Gasteiger partial charge in [-0.3, -0.25) is 0 Å². The van der Waals surface area contributed by atoms with Gasteiger partial charge in [-0.05, 0) is 43.8 Å². The van der Waals surface area contributed by atoms with E-state index in [4.69, 9.17) is 11.6 Å². The second-order valence-corrected chi connectivity index (χ2v) is 10.1. The number of hydrogen-bond acceptors (Lipinski definition) is 7. The molecule has 1 aromatic carbocycles. The van der Waals surface area contributed by atoms with Crippen molar-refractivity contribution < 1.29 is 8.42 Å². The molecule has 2 aliphatic heterocycles. The van der Waals surface area contributed by atoms with Gasteiger partial charge in [0.25, 0.3) is 0 Å². The first kappa shape index (κ1) is 21.3. The van der Waals surface area contributed by atoms with E-state index >= 15 is 0 Å². The molecular weight excluding hydrogens is 424 g/mol. The van der Waals surface area contributed by atoms with Gasteiger partial charge in [0.15, 0.2) is 11.6 Å². The summed E-state index contributed by atoms with van der Waals surface area (Å²) >= 11 is 6.13. The average Bonchev–Trinajstić information content (AvgIpc) is 2.76. The third-order valence-electron chi connectivity index (χ3n) is 5.86. The predicted molar refractivity (Wildman–Crippen MR) is 119 cm³/mol. The molecule has 0 saturated carbocycles. The van der Waals surface area contributed by atoms with Gasteiger partial charge in [0.1, 0.15) is 0 Å². The normalized spacial score (nSPS) is 19.3. The molecule has 2 fully saturated rings. The van der Waals surface area contributed by atoms with Crippen molar-refractivity contribution in [3.63, 3.8) is 0 Å². The largest absolute Gasteiger partial charge is 0.353 e. The molecule has 0 bridgehead atoms. The zero-order valence-corrected chi connectivity index (χ0v) is 18.9. The molecule has 10 heteroatoms. The maximum Gasteiger partial charge on any atom is 0.243 e. The first-order chi connectivity index (χ1) is 14.4. The summed E-state index contributed by atoms with van der Waals surface area (Å²) < 4.78 is 27.6. The zero-order valence-electron chi connectivity index (χ0n) is 17.3. The van der Waals surface area contributed by atoms with Crippen LogP contribution in [0.1, 0.15) is 5.56 Å². The molecule has 0 N–H and O–H groups in total. The number of hydrogen-bond donors (Lipinski definition) is 0. The number of benzene rings is 1. The Morgan fingerprint density at radius 2 is 1.37 bits per heavy atom. The molecule has 0 aliphatic carbocycles. The number of likely N-dealkylation sites (N-methyl/N-ethyl adjacent to an activating group) is 1. The van der Waals surface area contributed by atoms with E-state index < -0.39 is 10.0 Å². The summed E-state index contributed by atoms with van der Waals surface area (Å²) in [6.07, 6.45) is 0. The SMILES string of the molecule is Cc1c(Cl)cccc1S(=O)(=O)N1CCN(c2ccc(N3CCN(C)CC3)nn2)CC1. The topological polar surface area (TPSA) is 72.9 Å². The van der Waals surface area contributed by atoms with Gasteiger partial charge >= 0.3 is 0 Å². The highest BCUT2D eigenvalue weighted by atomic mass is 35.5. The van der Waals surface area contributed by atoms with Crippen molar-refractivity contribution in [2.24, 2.45) is 0 Å². The van der Waals surface area contributed by atoms with Gasteiger partial charge in [0.2, 0.25) is 10.0 Å². The van der Waals surface area contributed by atoms with E-state index in [-0.39, 0.29) is 4.90 Å². The Morgan fingerprint density at radius 3 is 1.90 bits per heavy atom. The molecule has 0 radical (unpaired) electrons. The molecule has 4 rings (SSSR count). The molecule has 2 saturated heterocycles. The first-order valence-corrected chi connectivity index (χ1v) is 12.0. The van der Waals surface area contributed by atoms with Crippen LogP contribution in [-0.2, 0) is 10.0 Å². The molecule has 2 aliphatic rings. The first-order valence-electron chi connectivity index (χ1n) is 10.1. The van der Waals surface area contributed by atoms with Crippen LogP contribution >= 0.6 is 11.6 Å². The van der Waals surface area contributed by atoms with Crippen LogP contribution in [0.5, 0.6) is 0 Å². The molecule has 1 aromatic heterocycles. The molecule has 0 atom stereocenters. The lowest BCUT2D eigenvalue weighted by Crippen LogP contribution is -2.49. The van der Waals surface area contributed by atoms with E-state index in [1.807, 2.05) is 12.1 Å². The lowest BCUT2D eigenvalue weighted by molar-refractivity contribution is 0.312. The second kappa shape index (κ2) is 8.66. The molecule has 3 heterocycles. The summed E-state index contributed by atoms with van der Waals surface area (Å²) in [6, 6.07) is 8.98. The summed E-state index contributed by atoms with van der Waals surface area (Å²) in [4.78, 5) is 6.91. The molecular formula is C20H27ClN6O2S. The highest BCUT2D eigenvalue weighted by molar-refractivity contribution is 7.89. The minimum atomic E-state index is -3.57. The van der Waals surface area contributed by atoms with Crippen molar-refractivity contribution in [3.8, 4) is 0 Å². The van der Waals surface area contributed by atoms with Gasteiger partial charge in [-0.25, -0.2) is 8.42 Å². The third kappa shape index (κ3) is 4.25. The van der Waals surface area contributed by atoms with E-state index in [9.17, 15) is 8.42 Å². The van der Waals surface area contributed by atoms with Crippen molar-refractivity contribution in [1.82, 2.24) is 19.4 Å². The standard InChI is InChI=1S/C20H27ClN6O2S/c1-16-17(21)4-3-5-18(16)30(28,29)27-14-12-26(13-15-27)20-7-6-19(22-23-20)25-10-8-24(2)9-11-25/h3-7H,8-15H2,1-2H3. The van der Waals surface area contributed by atoms with E-state index in [2.05, 4.69) is 31.9 Å². The highest BCUT2D eigenvalue weighted by Gasteiger charge is 2.30. The maximum atomic E-state index is 13.1. The van der Waals surface area contributed by atoms with Gasteiger partial charge in [0, 0.05) is 57.4 Å². The lowest BCUT2D eigenvalue weighted by atomic mass is 10.2. The number of nitrogens with zero attached hydrogens (tertiary/aromatic N) is 6. The maximum absolute atomic E-state index is 13.1. The molecule has 2 aromatic rings. The van der Waals surface area contributed by atoms with Crippen LogP contribution in [0, 0.1) is 6.92 Å². The van der Waals surface area contributed by atoms with E-state index in [1.54, 1.807) is 25.1 Å². The third-order valence-corrected chi connectivity index (χ3v) is 8.31. The number of piperazine rings is 2. The quantitative estimate of drug-likeness (QED) is 0.701. The fraction of sp³-hybridized carbons (Fsp3) is 0.500. The Kier molecular flexibility index (Phi) is 6.15. The summed E-state index contributed by atoms with van der Waals surface area (Å²) in [5.41, 5.74) is 0.590. The van der Waals surface area contributed by atoms with Gasteiger partial charge < -0.3 is 14.7 Å². The molecule has 0 amide bonds. The lowest BCUT2D eigenvalue weighted by Gasteiger charge is -2.35. The number of rotatable bonds is 4. The number of sulfonamides is 1. The summed E-state index contributed by atoms with van der Waals surface area (Å²) in [5, 5.41) is 9.27. The van der Waals surface area contributed by atoms with Gasteiger partial charge in [-0.2, -0.15) is 4.31 Å². The Labute approximate surface area is 183 Å². The highest BCUT2D eigenvalue weighted by Crippen LogP contribution is 2.27. The van der Waals surface area contributed by atoms with Crippen LogP contribution in [0.3, 0.4) is 0 Å². The van der Waals surface area contributed by atoms with Crippen LogP contribution in [0.2, 0.25) is 5.02 Å². The van der Waals surface area contributed by atoms with Gasteiger partial charge in [-0.1, -0.05) is 17.7 Å². The van der Waals surface area contributed by atoms with Crippen molar-refractivity contribution in [2.45, 2.75) is 11.8 Å². The van der Waals surface area contributed by atoms with Gasteiger partial charge in [-0.15, -0.1) is 10.2 Å². The molecule has 162 valence electrons. The Hall–Kier alpha value is -1.94. The Morgan fingerprint density at radius 1 is 0.833 bits per heavy atom.